The molecule has 7 nitrogen and oxygen atoms in total. The van der Waals surface area contributed by atoms with Crippen molar-refractivity contribution in [3.05, 3.63) is 46.3 Å². The fraction of sp³-hybridized carbons (Fsp3) is 0.478. The van der Waals surface area contributed by atoms with E-state index in [2.05, 4.69) is 4.98 Å². The molecule has 0 fully saturated rings. The Morgan fingerprint density at radius 2 is 1.93 bits per heavy atom. The molecular weight excluding hydrogens is 386 g/mol. The summed E-state index contributed by atoms with van der Waals surface area (Å²) >= 11 is 0. The second kappa shape index (κ2) is 9.34. The molecule has 7 heteroatoms. The fourth-order valence-electron chi connectivity index (χ4n) is 3.91. The number of benzene rings is 1. The normalized spacial score (nSPS) is 15.8. The number of ether oxygens (including phenoxy) is 4. The van der Waals surface area contributed by atoms with Crippen molar-refractivity contribution in [3.63, 3.8) is 0 Å². The zero-order chi connectivity index (χ0) is 21.8. The Kier molecular flexibility index (Phi) is 6.82. The number of rotatable bonds is 8. The number of esters is 1. The summed E-state index contributed by atoms with van der Waals surface area (Å²) < 4.78 is 21.5. The number of H-pyrrole nitrogens is 1. The zero-order valence-corrected chi connectivity index (χ0v) is 18.2. The molecule has 1 N–H and O–H groups in total. The van der Waals surface area contributed by atoms with Crippen LogP contribution in [-0.4, -0.2) is 50.3 Å². The van der Waals surface area contributed by atoms with Crippen LogP contribution in [0, 0.1) is 6.92 Å². The van der Waals surface area contributed by atoms with Crippen molar-refractivity contribution in [2.45, 2.75) is 45.6 Å². The molecule has 1 aromatic heterocycles. The molecule has 1 unspecified atom stereocenters. The second-order valence-electron chi connectivity index (χ2n) is 7.67. The Morgan fingerprint density at radius 1 is 1.17 bits per heavy atom. The van der Waals surface area contributed by atoms with Gasteiger partial charge in [-0.2, -0.15) is 0 Å². The lowest BCUT2D eigenvalue weighted by atomic mass is 9.81. The average Bonchev–Trinajstić information content (AvgIpc) is 3.07. The van der Waals surface area contributed by atoms with E-state index in [1.165, 1.54) is 0 Å². The summed E-state index contributed by atoms with van der Waals surface area (Å²) in [6.45, 7) is 6.12. The first-order valence-electron chi connectivity index (χ1n) is 10.1. The second-order valence-corrected chi connectivity index (χ2v) is 7.67. The van der Waals surface area contributed by atoms with Gasteiger partial charge in [-0.3, -0.25) is 4.79 Å². The van der Waals surface area contributed by atoms with Gasteiger partial charge in [0.25, 0.3) is 0 Å². The fourth-order valence-corrected chi connectivity index (χ4v) is 3.91. The van der Waals surface area contributed by atoms with Crippen LogP contribution in [0.1, 0.15) is 63.9 Å². The summed E-state index contributed by atoms with van der Waals surface area (Å²) in [5.41, 5.74) is 3.23. The average molecular weight is 415 g/mol. The highest BCUT2D eigenvalue weighted by molar-refractivity contribution is 6.03. The van der Waals surface area contributed by atoms with E-state index in [4.69, 9.17) is 18.9 Å². The highest BCUT2D eigenvalue weighted by atomic mass is 16.6. The molecule has 2 aromatic rings. The van der Waals surface area contributed by atoms with Crippen LogP contribution in [-0.2, 0) is 15.9 Å². The highest BCUT2D eigenvalue weighted by Gasteiger charge is 2.33. The largest absolute Gasteiger partial charge is 0.497 e. The van der Waals surface area contributed by atoms with E-state index in [1.807, 2.05) is 32.0 Å². The van der Waals surface area contributed by atoms with Crippen LogP contribution in [0.25, 0.3) is 0 Å². The van der Waals surface area contributed by atoms with Crippen LogP contribution in [0.2, 0.25) is 0 Å². The number of aromatic amines is 1. The first-order chi connectivity index (χ1) is 14.3. The van der Waals surface area contributed by atoms with Crippen molar-refractivity contribution in [1.29, 1.82) is 0 Å². The summed E-state index contributed by atoms with van der Waals surface area (Å²) in [6, 6.07) is 5.58. The van der Waals surface area contributed by atoms with Gasteiger partial charge in [-0.1, -0.05) is 0 Å². The Balaban J connectivity index is 1.82. The summed E-state index contributed by atoms with van der Waals surface area (Å²) in [5, 5.41) is 0. The van der Waals surface area contributed by atoms with Crippen molar-refractivity contribution < 1.29 is 28.5 Å². The minimum Gasteiger partial charge on any atom is -0.497 e. The Hall–Kier alpha value is -2.80. The van der Waals surface area contributed by atoms with Gasteiger partial charge in [-0.25, -0.2) is 4.79 Å². The number of methoxy groups -OCH3 is 2. The van der Waals surface area contributed by atoms with Gasteiger partial charge in [-0.15, -0.1) is 0 Å². The van der Waals surface area contributed by atoms with Crippen molar-refractivity contribution in [2.24, 2.45) is 0 Å². The van der Waals surface area contributed by atoms with Crippen molar-refractivity contribution in [2.75, 3.05) is 27.4 Å². The van der Waals surface area contributed by atoms with E-state index in [-0.39, 0.29) is 24.4 Å². The Labute approximate surface area is 176 Å². The van der Waals surface area contributed by atoms with Gasteiger partial charge in [0, 0.05) is 29.2 Å². The quantitative estimate of drug-likeness (QED) is 0.521. The number of carbonyl (C=O) groups is 2. The van der Waals surface area contributed by atoms with Crippen LogP contribution in [0.3, 0.4) is 0 Å². The van der Waals surface area contributed by atoms with E-state index < -0.39 is 5.97 Å². The molecule has 1 aliphatic carbocycles. The molecule has 0 spiro atoms. The zero-order valence-electron chi connectivity index (χ0n) is 18.2. The standard InChI is InChI=1S/C23H29NO6/c1-13(2)29-8-9-30-23(26)22-14(3)21-18(24-22)10-15(11-19(21)25)17-12-16(27-4)6-7-20(17)28-5/h6-7,12-13,15,24H,8-11H2,1-5H3. The number of nitrogens with one attached hydrogen (secondary N) is 1. The third kappa shape index (κ3) is 4.51. The van der Waals surface area contributed by atoms with Gasteiger partial charge in [-0.05, 0) is 51.0 Å². The van der Waals surface area contributed by atoms with Crippen molar-refractivity contribution in [1.82, 2.24) is 4.98 Å². The smallest absolute Gasteiger partial charge is 0.355 e. The molecule has 0 aliphatic heterocycles. The minimum absolute atomic E-state index is 0.00191. The van der Waals surface area contributed by atoms with E-state index in [0.29, 0.717) is 47.8 Å². The van der Waals surface area contributed by atoms with Crippen molar-refractivity contribution >= 4 is 11.8 Å². The van der Waals surface area contributed by atoms with Crippen LogP contribution >= 0.6 is 0 Å². The van der Waals surface area contributed by atoms with Gasteiger partial charge in [0.2, 0.25) is 0 Å². The predicted molar refractivity (Wildman–Crippen MR) is 112 cm³/mol. The summed E-state index contributed by atoms with van der Waals surface area (Å²) in [7, 11) is 3.21. The van der Waals surface area contributed by atoms with E-state index in [1.54, 1.807) is 21.1 Å². The molecule has 0 saturated heterocycles. The van der Waals surface area contributed by atoms with Crippen LogP contribution in [0.15, 0.2) is 18.2 Å². The summed E-state index contributed by atoms with van der Waals surface area (Å²) in [4.78, 5) is 28.6. The van der Waals surface area contributed by atoms with E-state index in [9.17, 15) is 9.59 Å². The number of aromatic nitrogens is 1. The molecular formula is C23H29NO6. The molecule has 1 aliphatic rings. The molecule has 0 radical (unpaired) electrons. The number of fused-ring (bicyclic) bond motifs is 1. The first kappa shape index (κ1) is 21.9. The number of ketones is 1. The topological polar surface area (TPSA) is 86.9 Å². The van der Waals surface area contributed by atoms with Crippen LogP contribution in [0.5, 0.6) is 11.5 Å². The SMILES string of the molecule is COc1ccc(OC)c(C2CC(=O)c3c([nH]c(C(=O)OCCOC(C)C)c3C)C2)c1. The van der Waals surface area contributed by atoms with Crippen LogP contribution < -0.4 is 9.47 Å². The van der Waals surface area contributed by atoms with Gasteiger partial charge in [0.05, 0.1) is 26.9 Å². The molecule has 1 heterocycles. The molecule has 1 atom stereocenters. The molecule has 1 aromatic carbocycles. The molecule has 3 rings (SSSR count). The van der Waals surface area contributed by atoms with E-state index >= 15 is 0 Å². The Bertz CT molecular complexity index is 930. The van der Waals surface area contributed by atoms with Gasteiger partial charge < -0.3 is 23.9 Å². The predicted octanol–water partition coefficient (Wildman–Crippen LogP) is 3.83. The summed E-state index contributed by atoms with van der Waals surface area (Å²) in [5.74, 6) is 0.876. The Morgan fingerprint density at radius 3 is 2.60 bits per heavy atom. The van der Waals surface area contributed by atoms with Crippen LogP contribution in [0.4, 0.5) is 0 Å². The maximum absolute atomic E-state index is 13.0. The number of Topliss-reactive ketones (excluding diaryl/α,β-unsaturated/α-hetero) is 1. The maximum atomic E-state index is 13.0. The van der Waals surface area contributed by atoms with E-state index in [0.717, 1.165) is 11.3 Å². The number of hydrogen-bond donors (Lipinski definition) is 1. The lowest BCUT2D eigenvalue weighted by Gasteiger charge is -2.24. The first-order valence-corrected chi connectivity index (χ1v) is 10.1. The molecule has 0 bridgehead atoms. The monoisotopic (exact) mass is 415 g/mol. The lowest BCUT2D eigenvalue weighted by Crippen LogP contribution is -2.19. The lowest BCUT2D eigenvalue weighted by molar-refractivity contribution is 0.0172. The third-order valence-electron chi connectivity index (χ3n) is 5.34. The summed E-state index contributed by atoms with van der Waals surface area (Å²) in [6.07, 6.45) is 1.01. The molecule has 0 amide bonds. The van der Waals surface area contributed by atoms with Gasteiger partial charge in [0.15, 0.2) is 5.78 Å². The molecule has 162 valence electrons. The minimum atomic E-state index is -0.474. The van der Waals surface area contributed by atoms with Crippen molar-refractivity contribution in [3.8, 4) is 11.5 Å². The highest BCUT2D eigenvalue weighted by Crippen LogP contribution is 2.40. The number of carbonyl (C=O) groups excluding carboxylic acids is 2. The van der Waals surface area contributed by atoms with Gasteiger partial charge >= 0.3 is 5.97 Å². The maximum Gasteiger partial charge on any atom is 0.355 e. The van der Waals surface area contributed by atoms with Gasteiger partial charge in [0.1, 0.15) is 23.8 Å². The molecule has 0 saturated carbocycles. The third-order valence-corrected chi connectivity index (χ3v) is 5.34. The number of hydrogen-bond acceptors (Lipinski definition) is 6. The molecule has 30 heavy (non-hydrogen) atoms.